The predicted molar refractivity (Wildman–Crippen MR) is 73.8 cm³/mol. The quantitative estimate of drug-likeness (QED) is 0.877. The van der Waals surface area contributed by atoms with Crippen molar-refractivity contribution < 1.29 is 9.90 Å². The van der Waals surface area contributed by atoms with Crippen LogP contribution in [-0.2, 0) is 0 Å². The fourth-order valence-corrected chi connectivity index (χ4v) is 3.17. The molecule has 1 aliphatic rings. The van der Waals surface area contributed by atoms with Crippen LogP contribution in [0.15, 0.2) is 17.8 Å². The first-order valence-corrected chi connectivity index (χ1v) is 7.04. The first kappa shape index (κ1) is 12.2. The van der Waals surface area contributed by atoms with E-state index >= 15 is 0 Å². The molecule has 3 rings (SSSR count). The van der Waals surface area contributed by atoms with Crippen molar-refractivity contribution >= 4 is 33.5 Å². The van der Waals surface area contributed by atoms with Crippen molar-refractivity contribution in [2.75, 3.05) is 18.0 Å². The summed E-state index contributed by atoms with van der Waals surface area (Å²) >= 11 is 1.61. The van der Waals surface area contributed by atoms with E-state index in [1.165, 1.54) is 0 Å². The highest BCUT2D eigenvalue weighted by Gasteiger charge is 2.22. The number of hydrogen-bond donors (Lipinski definition) is 2. The molecule has 3 heterocycles. The largest absolute Gasteiger partial charge is 0.465 e. The molecule has 2 aromatic rings. The van der Waals surface area contributed by atoms with Crippen molar-refractivity contribution in [3.8, 4) is 0 Å². The van der Waals surface area contributed by atoms with Crippen LogP contribution in [0.1, 0.15) is 12.8 Å². The monoisotopic (exact) mass is 278 g/mol. The average Bonchev–Trinajstić information content (AvgIpc) is 2.87. The first-order valence-electron chi connectivity index (χ1n) is 6.16. The van der Waals surface area contributed by atoms with Crippen LogP contribution >= 0.6 is 11.3 Å². The molecule has 7 heteroatoms. The van der Waals surface area contributed by atoms with Gasteiger partial charge in [-0.3, -0.25) is 0 Å². The summed E-state index contributed by atoms with van der Waals surface area (Å²) in [5.74, 6) is 0.958. The van der Waals surface area contributed by atoms with Crippen molar-refractivity contribution in [1.82, 2.24) is 15.3 Å². The Balaban J connectivity index is 1.75. The van der Waals surface area contributed by atoms with Crippen molar-refractivity contribution in [2.24, 2.45) is 0 Å². The first-order chi connectivity index (χ1) is 9.24. The molecule has 100 valence electrons. The Morgan fingerprint density at radius 3 is 2.95 bits per heavy atom. The number of rotatable bonds is 2. The zero-order chi connectivity index (χ0) is 13.2. The molecule has 1 saturated heterocycles. The number of thiophene rings is 1. The normalized spacial score (nSPS) is 16.7. The minimum atomic E-state index is -0.944. The molecule has 0 unspecified atom stereocenters. The van der Waals surface area contributed by atoms with E-state index < -0.39 is 6.09 Å². The highest BCUT2D eigenvalue weighted by molar-refractivity contribution is 7.16. The van der Waals surface area contributed by atoms with Crippen LogP contribution in [0.2, 0.25) is 0 Å². The zero-order valence-corrected chi connectivity index (χ0v) is 11.1. The number of fused-ring (bicyclic) bond motifs is 1. The fraction of sp³-hybridized carbons (Fsp3) is 0.417. The summed E-state index contributed by atoms with van der Waals surface area (Å²) in [5.41, 5.74) is 0. The van der Waals surface area contributed by atoms with E-state index in [0.717, 1.165) is 42.0 Å². The summed E-state index contributed by atoms with van der Waals surface area (Å²) in [6, 6.07) is 2.09. The molecule has 0 spiro atoms. The van der Waals surface area contributed by atoms with E-state index in [0.29, 0.717) is 0 Å². The third-order valence-corrected chi connectivity index (χ3v) is 4.18. The van der Waals surface area contributed by atoms with Crippen molar-refractivity contribution in [3.05, 3.63) is 17.8 Å². The highest BCUT2D eigenvalue weighted by atomic mass is 32.1. The number of piperidine rings is 1. The number of carbonyl (C=O) groups is 1. The number of aromatic nitrogens is 2. The molecule has 0 bridgehead atoms. The van der Waals surface area contributed by atoms with Gasteiger partial charge in [-0.15, -0.1) is 11.3 Å². The van der Waals surface area contributed by atoms with Gasteiger partial charge >= 0.3 is 6.09 Å². The summed E-state index contributed by atoms with van der Waals surface area (Å²) < 4.78 is 0. The van der Waals surface area contributed by atoms with E-state index in [-0.39, 0.29) is 6.04 Å². The molecule has 2 N–H and O–H groups in total. The average molecular weight is 278 g/mol. The van der Waals surface area contributed by atoms with Gasteiger partial charge in [-0.25, -0.2) is 14.8 Å². The number of nitrogens with one attached hydrogen (secondary N) is 1. The Morgan fingerprint density at radius 1 is 1.42 bits per heavy atom. The van der Waals surface area contributed by atoms with Crippen LogP contribution in [0.4, 0.5) is 10.6 Å². The van der Waals surface area contributed by atoms with Crippen LogP contribution in [0, 0.1) is 0 Å². The highest BCUT2D eigenvalue weighted by Crippen LogP contribution is 2.28. The Hall–Kier alpha value is -1.89. The second kappa shape index (κ2) is 5.00. The van der Waals surface area contributed by atoms with Crippen molar-refractivity contribution in [1.29, 1.82) is 0 Å². The lowest BCUT2D eigenvalue weighted by atomic mass is 10.1. The molecule has 19 heavy (non-hydrogen) atoms. The number of amides is 1. The van der Waals surface area contributed by atoms with E-state index in [2.05, 4.69) is 20.2 Å². The third-order valence-electron chi connectivity index (χ3n) is 3.36. The van der Waals surface area contributed by atoms with E-state index in [9.17, 15) is 4.79 Å². The number of anilines is 1. The van der Waals surface area contributed by atoms with Crippen LogP contribution in [0.5, 0.6) is 0 Å². The number of nitrogens with zero attached hydrogens (tertiary/aromatic N) is 3. The second-order valence-corrected chi connectivity index (χ2v) is 5.44. The zero-order valence-electron chi connectivity index (χ0n) is 10.2. The Kier molecular flexibility index (Phi) is 3.20. The van der Waals surface area contributed by atoms with Gasteiger partial charge in [0.2, 0.25) is 0 Å². The molecule has 0 aliphatic carbocycles. The summed E-state index contributed by atoms with van der Waals surface area (Å²) in [5, 5.41) is 14.4. The SMILES string of the molecule is O=C(O)NC1CCN(c2ncnc3sccc23)CC1. The molecule has 0 radical (unpaired) electrons. The Bertz CT molecular complexity index is 592. The van der Waals surface area contributed by atoms with Crippen molar-refractivity contribution in [3.63, 3.8) is 0 Å². The molecule has 0 atom stereocenters. The van der Waals surface area contributed by atoms with Gasteiger partial charge in [0.15, 0.2) is 0 Å². The minimum absolute atomic E-state index is 0.0496. The van der Waals surface area contributed by atoms with Crippen molar-refractivity contribution in [2.45, 2.75) is 18.9 Å². The lowest BCUT2D eigenvalue weighted by Crippen LogP contribution is -2.44. The molecule has 2 aromatic heterocycles. The van der Waals surface area contributed by atoms with Crippen LogP contribution < -0.4 is 10.2 Å². The molecule has 6 nitrogen and oxygen atoms in total. The predicted octanol–water partition coefficient (Wildman–Crippen LogP) is 1.93. The topological polar surface area (TPSA) is 78.4 Å². The molecule has 1 fully saturated rings. The molecule has 0 aromatic carbocycles. The maximum Gasteiger partial charge on any atom is 0.404 e. The van der Waals surface area contributed by atoms with Crippen LogP contribution in [0.25, 0.3) is 10.2 Å². The van der Waals surface area contributed by atoms with Gasteiger partial charge in [0.25, 0.3) is 0 Å². The molecule has 1 aliphatic heterocycles. The molecule has 0 saturated carbocycles. The summed E-state index contributed by atoms with van der Waals surface area (Å²) in [4.78, 5) is 22.4. The molecular weight excluding hydrogens is 264 g/mol. The molecular formula is C12H14N4O2S. The molecule has 1 amide bonds. The van der Waals surface area contributed by atoms with Gasteiger partial charge in [0.05, 0.1) is 5.39 Å². The Labute approximate surface area is 114 Å². The maximum absolute atomic E-state index is 10.6. The number of hydrogen-bond acceptors (Lipinski definition) is 5. The third kappa shape index (κ3) is 2.46. The van der Waals surface area contributed by atoms with E-state index in [4.69, 9.17) is 5.11 Å². The Morgan fingerprint density at radius 2 is 2.21 bits per heavy atom. The van der Waals surface area contributed by atoms with Gasteiger partial charge in [0.1, 0.15) is 17.0 Å². The van der Waals surface area contributed by atoms with Gasteiger partial charge in [0, 0.05) is 19.1 Å². The van der Waals surface area contributed by atoms with E-state index in [1.807, 2.05) is 11.4 Å². The summed E-state index contributed by atoms with van der Waals surface area (Å²) in [6.45, 7) is 1.62. The number of carboxylic acid groups (broad SMARTS) is 1. The van der Waals surface area contributed by atoms with Crippen LogP contribution in [-0.4, -0.2) is 40.3 Å². The summed E-state index contributed by atoms with van der Waals surface area (Å²) in [7, 11) is 0. The lowest BCUT2D eigenvalue weighted by Gasteiger charge is -2.32. The van der Waals surface area contributed by atoms with Gasteiger partial charge in [-0.1, -0.05) is 0 Å². The minimum Gasteiger partial charge on any atom is -0.465 e. The van der Waals surface area contributed by atoms with Gasteiger partial charge < -0.3 is 15.3 Å². The van der Waals surface area contributed by atoms with E-state index in [1.54, 1.807) is 17.7 Å². The maximum atomic E-state index is 10.6. The standard InChI is InChI=1S/C12H14N4O2S/c17-12(18)15-8-1-4-16(5-2-8)10-9-3-6-19-11(9)14-7-13-10/h3,6-8,15H,1-2,4-5H2,(H,17,18). The lowest BCUT2D eigenvalue weighted by molar-refractivity contribution is 0.187. The van der Waals surface area contributed by atoms with Gasteiger partial charge in [-0.05, 0) is 24.3 Å². The smallest absolute Gasteiger partial charge is 0.404 e. The second-order valence-electron chi connectivity index (χ2n) is 4.55. The van der Waals surface area contributed by atoms with Crippen LogP contribution in [0.3, 0.4) is 0 Å². The van der Waals surface area contributed by atoms with Gasteiger partial charge in [-0.2, -0.15) is 0 Å². The fourth-order valence-electron chi connectivity index (χ4n) is 2.44. The summed E-state index contributed by atoms with van der Waals surface area (Å²) in [6.07, 6.45) is 2.26.